The summed E-state index contributed by atoms with van der Waals surface area (Å²) in [5.41, 5.74) is 1.10. The molecule has 1 aliphatic rings. The molecular weight excluding hydrogens is 256 g/mol. The summed E-state index contributed by atoms with van der Waals surface area (Å²) < 4.78 is 5.43. The van der Waals surface area contributed by atoms with Gasteiger partial charge in [-0.3, -0.25) is 10.1 Å². The van der Waals surface area contributed by atoms with Crippen molar-refractivity contribution in [1.29, 1.82) is 0 Å². The molecule has 0 radical (unpaired) electrons. The SMILES string of the molecule is COC1CCCC(NC(C)c2cccc([N+](=O)[O-])c2)C1. The zero-order chi connectivity index (χ0) is 14.5. The maximum Gasteiger partial charge on any atom is 0.269 e. The van der Waals surface area contributed by atoms with Crippen LogP contribution in [-0.2, 0) is 4.74 Å². The smallest absolute Gasteiger partial charge is 0.269 e. The molecule has 1 fully saturated rings. The van der Waals surface area contributed by atoms with E-state index in [1.807, 2.05) is 6.07 Å². The first-order valence-electron chi connectivity index (χ1n) is 7.13. The number of hydrogen-bond acceptors (Lipinski definition) is 4. The van der Waals surface area contributed by atoms with Gasteiger partial charge in [-0.1, -0.05) is 12.1 Å². The Morgan fingerprint density at radius 1 is 1.45 bits per heavy atom. The minimum Gasteiger partial charge on any atom is -0.381 e. The van der Waals surface area contributed by atoms with Gasteiger partial charge in [-0.05, 0) is 38.2 Å². The molecule has 5 nitrogen and oxygen atoms in total. The zero-order valence-electron chi connectivity index (χ0n) is 12.0. The van der Waals surface area contributed by atoms with E-state index in [0.29, 0.717) is 12.1 Å². The van der Waals surface area contributed by atoms with Gasteiger partial charge < -0.3 is 10.1 Å². The van der Waals surface area contributed by atoms with Crippen LogP contribution in [0.25, 0.3) is 0 Å². The number of rotatable bonds is 5. The average molecular weight is 278 g/mol. The number of nitro benzene ring substituents is 1. The number of nitro groups is 1. The van der Waals surface area contributed by atoms with Crippen LogP contribution in [0.2, 0.25) is 0 Å². The Balaban J connectivity index is 1.99. The van der Waals surface area contributed by atoms with Gasteiger partial charge in [0.1, 0.15) is 0 Å². The lowest BCUT2D eigenvalue weighted by atomic mass is 9.92. The van der Waals surface area contributed by atoms with Gasteiger partial charge in [0.25, 0.3) is 5.69 Å². The van der Waals surface area contributed by atoms with Crippen molar-refractivity contribution in [3.05, 3.63) is 39.9 Å². The van der Waals surface area contributed by atoms with Crippen LogP contribution in [0.3, 0.4) is 0 Å². The summed E-state index contributed by atoms with van der Waals surface area (Å²) in [6, 6.07) is 7.37. The number of ether oxygens (including phenoxy) is 1. The molecule has 1 aliphatic carbocycles. The quantitative estimate of drug-likeness (QED) is 0.663. The number of nitrogens with one attached hydrogen (secondary N) is 1. The van der Waals surface area contributed by atoms with E-state index in [2.05, 4.69) is 12.2 Å². The highest BCUT2D eigenvalue weighted by atomic mass is 16.6. The van der Waals surface area contributed by atoms with E-state index in [-0.39, 0.29) is 16.7 Å². The Kier molecular flexibility index (Phi) is 5.09. The predicted molar refractivity (Wildman–Crippen MR) is 77.7 cm³/mol. The van der Waals surface area contributed by atoms with Gasteiger partial charge >= 0.3 is 0 Å². The van der Waals surface area contributed by atoms with Crippen LogP contribution in [0.5, 0.6) is 0 Å². The summed E-state index contributed by atoms with van der Waals surface area (Å²) in [6.45, 7) is 2.05. The number of non-ortho nitro benzene ring substituents is 1. The van der Waals surface area contributed by atoms with Crippen molar-refractivity contribution in [2.75, 3.05) is 7.11 Å². The van der Waals surface area contributed by atoms with Gasteiger partial charge in [-0.15, -0.1) is 0 Å². The van der Waals surface area contributed by atoms with Gasteiger partial charge in [0.2, 0.25) is 0 Å². The van der Waals surface area contributed by atoms with Gasteiger partial charge in [0, 0.05) is 31.3 Å². The molecule has 2 rings (SSSR count). The third-order valence-corrected chi connectivity index (χ3v) is 4.03. The van der Waals surface area contributed by atoms with Crippen molar-refractivity contribution in [2.24, 2.45) is 0 Å². The fourth-order valence-corrected chi connectivity index (χ4v) is 2.87. The van der Waals surface area contributed by atoms with Crippen LogP contribution in [0.15, 0.2) is 24.3 Å². The number of benzene rings is 1. The largest absolute Gasteiger partial charge is 0.381 e. The Morgan fingerprint density at radius 2 is 2.25 bits per heavy atom. The molecule has 0 spiro atoms. The number of hydrogen-bond donors (Lipinski definition) is 1. The number of nitrogens with zero attached hydrogens (tertiary/aromatic N) is 1. The zero-order valence-corrected chi connectivity index (χ0v) is 12.0. The monoisotopic (exact) mass is 278 g/mol. The van der Waals surface area contributed by atoms with E-state index >= 15 is 0 Å². The molecule has 5 heteroatoms. The van der Waals surface area contributed by atoms with Gasteiger partial charge in [-0.25, -0.2) is 0 Å². The normalized spacial score (nSPS) is 24.3. The summed E-state index contributed by atoms with van der Waals surface area (Å²) in [6.07, 6.45) is 4.77. The average Bonchev–Trinajstić information content (AvgIpc) is 2.47. The highest BCUT2D eigenvalue weighted by Gasteiger charge is 2.23. The topological polar surface area (TPSA) is 64.4 Å². The van der Waals surface area contributed by atoms with E-state index < -0.39 is 0 Å². The molecule has 1 aromatic rings. The van der Waals surface area contributed by atoms with Crippen molar-refractivity contribution in [3.63, 3.8) is 0 Å². The van der Waals surface area contributed by atoms with E-state index in [1.54, 1.807) is 19.2 Å². The molecule has 0 aromatic heterocycles. The molecule has 1 aromatic carbocycles. The Labute approximate surface area is 119 Å². The lowest BCUT2D eigenvalue weighted by Gasteiger charge is -2.31. The van der Waals surface area contributed by atoms with Gasteiger partial charge in [0.15, 0.2) is 0 Å². The van der Waals surface area contributed by atoms with Crippen LogP contribution in [0, 0.1) is 10.1 Å². The van der Waals surface area contributed by atoms with Crippen LogP contribution in [-0.4, -0.2) is 24.2 Å². The number of methoxy groups -OCH3 is 1. The molecule has 0 amide bonds. The first kappa shape index (κ1) is 14.9. The molecule has 20 heavy (non-hydrogen) atoms. The van der Waals surface area contributed by atoms with E-state index in [4.69, 9.17) is 4.74 Å². The van der Waals surface area contributed by atoms with Crippen LogP contribution >= 0.6 is 0 Å². The van der Waals surface area contributed by atoms with E-state index in [1.165, 1.54) is 6.07 Å². The molecule has 0 saturated heterocycles. The van der Waals surface area contributed by atoms with Gasteiger partial charge in [0.05, 0.1) is 11.0 Å². The minimum atomic E-state index is -0.349. The minimum absolute atomic E-state index is 0.107. The Hall–Kier alpha value is -1.46. The summed E-state index contributed by atoms with van der Waals surface area (Å²) in [5, 5.41) is 14.4. The Morgan fingerprint density at radius 3 is 2.95 bits per heavy atom. The highest BCUT2D eigenvalue weighted by molar-refractivity contribution is 5.35. The van der Waals surface area contributed by atoms with Gasteiger partial charge in [-0.2, -0.15) is 0 Å². The Bertz CT molecular complexity index is 464. The molecule has 0 heterocycles. The van der Waals surface area contributed by atoms with E-state index in [0.717, 1.165) is 31.2 Å². The standard InChI is InChI=1S/C15H22N2O3/c1-11(12-5-3-7-14(9-12)17(18)19)16-13-6-4-8-15(10-13)20-2/h3,5,7,9,11,13,15-16H,4,6,8,10H2,1-2H3. The molecule has 3 atom stereocenters. The molecule has 3 unspecified atom stereocenters. The molecule has 1 saturated carbocycles. The summed E-state index contributed by atoms with van der Waals surface area (Å²) in [4.78, 5) is 10.5. The first-order chi connectivity index (χ1) is 9.60. The van der Waals surface area contributed by atoms with Crippen molar-refractivity contribution >= 4 is 5.69 Å². The van der Waals surface area contributed by atoms with Crippen LogP contribution < -0.4 is 5.32 Å². The summed E-state index contributed by atoms with van der Waals surface area (Å²) in [5.74, 6) is 0. The second-order valence-electron chi connectivity index (χ2n) is 5.46. The fraction of sp³-hybridized carbons (Fsp3) is 0.600. The third kappa shape index (κ3) is 3.77. The summed E-state index contributed by atoms with van der Waals surface area (Å²) in [7, 11) is 1.76. The lowest BCUT2D eigenvalue weighted by molar-refractivity contribution is -0.384. The maximum absolute atomic E-state index is 10.8. The van der Waals surface area contributed by atoms with Crippen LogP contribution in [0.4, 0.5) is 5.69 Å². The van der Waals surface area contributed by atoms with Crippen molar-refractivity contribution in [3.8, 4) is 0 Å². The second kappa shape index (κ2) is 6.81. The van der Waals surface area contributed by atoms with Crippen molar-refractivity contribution in [1.82, 2.24) is 5.32 Å². The molecule has 0 bridgehead atoms. The van der Waals surface area contributed by atoms with Crippen molar-refractivity contribution in [2.45, 2.75) is 50.8 Å². The first-order valence-corrected chi connectivity index (χ1v) is 7.13. The second-order valence-corrected chi connectivity index (χ2v) is 5.46. The molecule has 1 N–H and O–H groups in total. The van der Waals surface area contributed by atoms with E-state index in [9.17, 15) is 10.1 Å². The fourth-order valence-electron chi connectivity index (χ4n) is 2.87. The highest BCUT2D eigenvalue weighted by Crippen LogP contribution is 2.24. The van der Waals surface area contributed by atoms with Crippen molar-refractivity contribution < 1.29 is 9.66 Å². The molecule has 110 valence electrons. The molecular formula is C15H22N2O3. The third-order valence-electron chi connectivity index (χ3n) is 4.03. The lowest BCUT2D eigenvalue weighted by Crippen LogP contribution is -2.38. The molecule has 0 aliphatic heterocycles. The predicted octanol–water partition coefficient (Wildman–Crippen LogP) is 3.20. The summed E-state index contributed by atoms with van der Waals surface area (Å²) >= 11 is 0. The maximum atomic E-state index is 10.8. The van der Waals surface area contributed by atoms with Crippen LogP contribution in [0.1, 0.15) is 44.2 Å².